The third-order valence-corrected chi connectivity index (χ3v) is 4.85. The molecule has 21 heavy (non-hydrogen) atoms. The average molecular weight is 310 g/mol. The molecular weight excluding hydrogens is 288 g/mol. The predicted molar refractivity (Wildman–Crippen MR) is 82.0 cm³/mol. The van der Waals surface area contributed by atoms with Crippen LogP contribution in [0, 0.1) is 5.92 Å². The third kappa shape index (κ3) is 4.77. The van der Waals surface area contributed by atoms with Gasteiger partial charge in [-0.25, -0.2) is 9.78 Å². The monoisotopic (exact) mass is 310 g/mol. The van der Waals surface area contributed by atoms with Gasteiger partial charge in [-0.2, -0.15) is 0 Å². The number of nitrogens with one attached hydrogen (secondary N) is 2. The number of hydrogen-bond acceptors (Lipinski definition) is 4. The molecular formula is C14H22N4O2S. The first-order valence-corrected chi connectivity index (χ1v) is 8.25. The molecule has 0 bridgehead atoms. The maximum atomic E-state index is 11.8. The van der Waals surface area contributed by atoms with Gasteiger partial charge in [-0.05, 0) is 18.8 Å². The van der Waals surface area contributed by atoms with Gasteiger partial charge in [0.05, 0.1) is 5.75 Å². The van der Waals surface area contributed by atoms with E-state index >= 15 is 0 Å². The van der Waals surface area contributed by atoms with Gasteiger partial charge in [0.25, 0.3) is 0 Å². The van der Waals surface area contributed by atoms with Crippen molar-refractivity contribution in [1.82, 2.24) is 20.2 Å². The Labute approximate surface area is 129 Å². The smallest absolute Gasteiger partial charge is 0.321 e. The summed E-state index contributed by atoms with van der Waals surface area (Å²) in [6.07, 6.45) is 7.98. The van der Waals surface area contributed by atoms with Crippen LogP contribution in [0.1, 0.15) is 32.6 Å². The van der Waals surface area contributed by atoms with E-state index < -0.39 is 0 Å². The highest BCUT2D eigenvalue weighted by atomic mass is 32.2. The number of imide groups is 1. The second kappa shape index (κ2) is 7.49. The van der Waals surface area contributed by atoms with E-state index in [-0.39, 0.29) is 23.7 Å². The van der Waals surface area contributed by atoms with Crippen LogP contribution in [0.25, 0.3) is 0 Å². The maximum absolute atomic E-state index is 11.8. The summed E-state index contributed by atoms with van der Waals surface area (Å²) in [5, 5.41) is 6.04. The van der Waals surface area contributed by atoms with E-state index in [4.69, 9.17) is 0 Å². The van der Waals surface area contributed by atoms with Gasteiger partial charge in [0, 0.05) is 25.5 Å². The lowest BCUT2D eigenvalue weighted by Gasteiger charge is -2.29. The number of hydrogen-bond donors (Lipinski definition) is 2. The fourth-order valence-corrected chi connectivity index (χ4v) is 3.25. The molecule has 0 aromatic carbocycles. The maximum Gasteiger partial charge on any atom is 0.321 e. The molecule has 1 aromatic rings. The fourth-order valence-electron chi connectivity index (χ4n) is 2.52. The SMILES string of the molecule is CC1CCCCC1NC(=O)NC(=O)CSc1nccn1C. The van der Waals surface area contributed by atoms with Crippen LogP contribution in [-0.2, 0) is 11.8 Å². The molecule has 2 N–H and O–H groups in total. The topological polar surface area (TPSA) is 76.0 Å². The first-order chi connectivity index (χ1) is 10.1. The summed E-state index contributed by atoms with van der Waals surface area (Å²) in [6, 6.07) is -0.215. The molecule has 6 nitrogen and oxygen atoms in total. The Kier molecular flexibility index (Phi) is 5.67. The Hall–Kier alpha value is -1.50. The zero-order chi connectivity index (χ0) is 15.2. The van der Waals surface area contributed by atoms with Crippen molar-refractivity contribution in [2.45, 2.75) is 43.8 Å². The van der Waals surface area contributed by atoms with E-state index in [0.29, 0.717) is 5.92 Å². The number of urea groups is 1. The molecule has 1 aliphatic rings. The van der Waals surface area contributed by atoms with Crippen LogP contribution in [0.2, 0.25) is 0 Å². The lowest BCUT2D eigenvalue weighted by atomic mass is 9.86. The number of rotatable bonds is 4. The summed E-state index contributed by atoms with van der Waals surface area (Å²) in [7, 11) is 1.87. The fraction of sp³-hybridized carbons (Fsp3) is 0.643. The predicted octanol–water partition coefficient (Wildman–Crippen LogP) is 1.92. The van der Waals surface area contributed by atoms with Gasteiger partial charge in [0.15, 0.2) is 5.16 Å². The molecule has 1 fully saturated rings. The molecule has 1 saturated carbocycles. The first-order valence-electron chi connectivity index (χ1n) is 7.26. The number of thioether (sulfide) groups is 1. The molecule has 0 spiro atoms. The molecule has 0 aliphatic heterocycles. The molecule has 7 heteroatoms. The van der Waals surface area contributed by atoms with Crippen LogP contribution < -0.4 is 10.6 Å². The van der Waals surface area contributed by atoms with Crippen molar-refractivity contribution in [3.05, 3.63) is 12.4 Å². The van der Waals surface area contributed by atoms with Crippen LogP contribution in [0.4, 0.5) is 4.79 Å². The van der Waals surface area contributed by atoms with Gasteiger partial charge in [-0.3, -0.25) is 10.1 Å². The highest BCUT2D eigenvalue weighted by molar-refractivity contribution is 7.99. The summed E-state index contributed by atoms with van der Waals surface area (Å²) in [6.45, 7) is 2.14. The van der Waals surface area contributed by atoms with Crippen LogP contribution in [-0.4, -0.2) is 33.3 Å². The summed E-state index contributed by atoms with van der Waals surface area (Å²) in [4.78, 5) is 27.7. The molecule has 2 atom stereocenters. The Bertz CT molecular complexity index is 503. The standard InChI is InChI=1S/C14H22N4O2S/c1-10-5-3-4-6-11(10)16-13(20)17-12(19)9-21-14-15-7-8-18(14)2/h7-8,10-11H,3-6,9H2,1-2H3,(H2,16,17,19,20). The first kappa shape index (κ1) is 15.9. The van der Waals surface area contributed by atoms with Gasteiger partial charge in [-0.15, -0.1) is 0 Å². The van der Waals surface area contributed by atoms with Crippen LogP contribution in [0.15, 0.2) is 17.6 Å². The molecule has 2 unspecified atom stereocenters. The quantitative estimate of drug-likeness (QED) is 0.833. The highest BCUT2D eigenvalue weighted by Gasteiger charge is 2.23. The number of amides is 3. The van der Waals surface area contributed by atoms with Gasteiger partial charge < -0.3 is 9.88 Å². The summed E-state index contributed by atoms with van der Waals surface area (Å²) >= 11 is 1.31. The Morgan fingerprint density at radius 3 is 2.86 bits per heavy atom. The van der Waals surface area contributed by atoms with Crippen molar-refractivity contribution in [2.24, 2.45) is 13.0 Å². The van der Waals surface area contributed by atoms with Crippen molar-refractivity contribution in [2.75, 3.05) is 5.75 Å². The zero-order valence-electron chi connectivity index (χ0n) is 12.5. The molecule has 116 valence electrons. The molecule has 2 rings (SSSR count). The minimum absolute atomic E-state index is 0.175. The van der Waals surface area contributed by atoms with Gasteiger partial charge in [0.1, 0.15) is 0 Å². The Morgan fingerprint density at radius 1 is 1.43 bits per heavy atom. The number of carbonyl (C=O) groups excluding carboxylic acids is 2. The largest absolute Gasteiger partial charge is 0.335 e. The minimum Gasteiger partial charge on any atom is -0.335 e. The number of imidazole rings is 1. The van der Waals surface area contributed by atoms with Crippen molar-refractivity contribution in [1.29, 1.82) is 0 Å². The molecule has 1 aromatic heterocycles. The number of aryl methyl sites for hydroxylation is 1. The Morgan fingerprint density at radius 2 is 2.19 bits per heavy atom. The van der Waals surface area contributed by atoms with Gasteiger partial charge in [-0.1, -0.05) is 31.5 Å². The van der Waals surface area contributed by atoms with E-state index in [0.717, 1.165) is 24.4 Å². The summed E-state index contributed by atoms with van der Waals surface area (Å²) in [5.74, 6) is 0.351. The summed E-state index contributed by atoms with van der Waals surface area (Å²) in [5.41, 5.74) is 0. The molecule has 1 aliphatic carbocycles. The van der Waals surface area contributed by atoms with E-state index in [2.05, 4.69) is 22.5 Å². The zero-order valence-corrected chi connectivity index (χ0v) is 13.3. The van der Waals surface area contributed by atoms with Crippen molar-refractivity contribution >= 4 is 23.7 Å². The number of aromatic nitrogens is 2. The van der Waals surface area contributed by atoms with Crippen molar-refractivity contribution in [3.63, 3.8) is 0 Å². The molecule has 1 heterocycles. The molecule has 0 saturated heterocycles. The minimum atomic E-state index is -0.390. The lowest BCUT2D eigenvalue weighted by Crippen LogP contribution is -2.48. The third-order valence-electron chi connectivity index (χ3n) is 3.79. The number of nitrogens with zero attached hydrogens (tertiary/aromatic N) is 2. The van der Waals surface area contributed by atoms with Crippen LogP contribution >= 0.6 is 11.8 Å². The second-order valence-electron chi connectivity index (χ2n) is 5.50. The van der Waals surface area contributed by atoms with Crippen LogP contribution in [0.5, 0.6) is 0 Å². The summed E-state index contributed by atoms with van der Waals surface area (Å²) < 4.78 is 1.84. The highest BCUT2D eigenvalue weighted by Crippen LogP contribution is 2.23. The van der Waals surface area contributed by atoms with Crippen molar-refractivity contribution in [3.8, 4) is 0 Å². The normalized spacial score (nSPS) is 21.8. The molecule has 0 radical (unpaired) electrons. The van der Waals surface area contributed by atoms with Gasteiger partial charge >= 0.3 is 6.03 Å². The van der Waals surface area contributed by atoms with E-state index in [1.165, 1.54) is 18.2 Å². The van der Waals surface area contributed by atoms with Gasteiger partial charge in [0.2, 0.25) is 5.91 Å². The number of carbonyl (C=O) groups is 2. The van der Waals surface area contributed by atoms with E-state index in [1.807, 2.05) is 17.8 Å². The average Bonchev–Trinajstić information content (AvgIpc) is 2.84. The van der Waals surface area contributed by atoms with Crippen LogP contribution in [0.3, 0.4) is 0 Å². The van der Waals surface area contributed by atoms with E-state index in [1.54, 1.807) is 6.20 Å². The molecule has 3 amide bonds. The Balaban J connectivity index is 1.72. The van der Waals surface area contributed by atoms with E-state index in [9.17, 15) is 9.59 Å². The van der Waals surface area contributed by atoms with Crippen molar-refractivity contribution < 1.29 is 9.59 Å². The lowest BCUT2D eigenvalue weighted by molar-refractivity contribution is -0.117. The second-order valence-corrected chi connectivity index (χ2v) is 6.44.